The van der Waals surface area contributed by atoms with Crippen LogP contribution >= 0.6 is 0 Å². The molecule has 0 N–H and O–H groups in total. The molecule has 0 saturated carbocycles. The van der Waals surface area contributed by atoms with Crippen molar-refractivity contribution < 1.29 is 0 Å². The van der Waals surface area contributed by atoms with Gasteiger partial charge in [0.15, 0.2) is 0 Å². The van der Waals surface area contributed by atoms with Crippen LogP contribution in [-0.2, 0) is 6.54 Å². The molecular weight excluding hydrogens is 194 g/mol. The van der Waals surface area contributed by atoms with Crippen LogP contribution in [0.1, 0.15) is 18.9 Å². The summed E-state index contributed by atoms with van der Waals surface area (Å²) in [5.41, 5.74) is 1.42. The summed E-state index contributed by atoms with van der Waals surface area (Å²) in [7, 11) is 0. The molecule has 1 heteroatoms. The molecule has 0 amide bonds. The molecule has 0 aromatic heterocycles. The topological polar surface area (TPSA) is 3.24 Å². The highest BCUT2D eigenvalue weighted by molar-refractivity contribution is 5.14. The van der Waals surface area contributed by atoms with E-state index in [1.54, 1.807) is 0 Å². The number of hydrogen-bond donors (Lipinski definition) is 0. The Morgan fingerprint density at radius 1 is 1.38 bits per heavy atom. The molecule has 1 saturated heterocycles. The lowest BCUT2D eigenvalue weighted by Gasteiger charge is -2.35. The zero-order valence-corrected chi connectivity index (χ0v) is 10.1. The van der Waals surface area contributed by atoms with Crippen LogP contribution in [-0.4, -0.2) is 18.0 Å². The van der Waals surface area contributed by atoms with Gasteiger partial charge in [0.05, 0.1) is 0 Å². The van der Waals surface area contributed by atoms with Crippen LogP contribution < -0.4 is 0 Å². The van der Waals surface area contributed by atoms with E-state index in [9.17, 15) is 0 Å². The van der Waals surface area contributed by atoms with Gasteiger partial charge in [0.1, 0.15) is 0 Å². The van der Waals surface area contributed by atoms with Gasteiger partial charge in [0.25, 0.3) is 0 Å². The largest absolute Gasteiger partial charge is 0.299 e. The molecule has 1 aromatic rings. The van der Waals surface area contributed by atoms with Crippen molar-refractivity contribution in [2.24, 2.45) is 11.8 Å². The smallest absolute Gasteiger partial charge is 0.0233 e. The fraction of sp³-hybridized carbons (Fsp3) is 0.467. The van der Waals surface area contributed by atoms with Gasteiger partial charge < -0.3 is 0 Å². The van der Waals surface area contributed by atoms with Gasteiger partial charge in [-0.2, -0.15) is 0 Å². The van der Waals surface area contributed by atoms with E-state index < -0.39 is 0 Å². The maximum atomic E-state index is 3.93. The van der Waals surface area contributed by atoms with E-state index in [0.29, 0.717) is 5.92 Å². The lowest BCUT2D eigenvalue weighted by molar-refractivity contribution is 0.145. The third-order valence-electron chi connectivity index (χ3n) is 3.61. The first-order valence-corrected chi connectivity index (χ1v) is 6.18. The molecular formula is C15H21N. The summed E-state index contributed by atoms with van der Waals surface area (Å²) in [6.45, 7) is 9.76. The maximum absolute atomic E-state index is 3.93. The molecule has 1 aliphatic rings. The first kappa shape index (κ1) is 11.4. The summed E-state index contributed by atoms with van der Waals surface area (Å²) in [6.07, 6.45) is 3.39. The summed E-state index contributed by atoms with van der Waals surface area (Å²) in [5.74, 6) is 1.46. The molecule has 0 spiro atoms. The van der Waals surface area contributed by atoms with Crippen molar-refractivity contribution in [3.63, 3.8) is 0 Å². The van der Waals surface area contributed by atoms with Crippen molar-refractivity contribution in [1.29, 1.82) is 0 Å². The molecule has 0 aliphatic carbocycles. The van der Waals surface area contributed by atoms with E-state index >= 15 is 0 Å². The first-order chi connectivity index (χ1) is 7.79. The third-order valence-corrected chi connectivity index (χ3v) is 3.61. The van der Waals surface area contributed by atoms with Gasteiger partial charge in [-0.15, -0.1) is 6.58 Å². The average Bonchev–Trinajstić information content (AvgIpc) is 2.31. The minimum Gasteiger partial charge on any atom is -0.299 e. The highest BCUT2D eigenvalue weighted by atomic mass is 15.1. The fourth-order valence-electron chi connectivity index (χ4n) is 2.59. The Hall–Kier alpha value is -1.08. The molecule has 1 nitrogen and oxygen atoms in total. The summed E-state index contributed by atoms with van der Waals surface area (Å²) in [5, 5.41) is 0. The first-order valence-electron chi connectivity index (χ1n) is 6.18. The Morgan fingerprint density at radius 2 is 2.12 bits per heavy atom. The SMILES string of the molecule is C=C[C@@H]1CCN(Cc2ccccc2)C[C@@H]1C. The highest BCUT2D eigenvalue weighted by Crippen LogP contribution is 2.24. The van der Waals surface area contributed by atoms with Gasteiger partial charge in [-0.1, -0.05) is 43.3 Å². The van der Waals surface area contributed by atoms with E-state index in [2.05, 4.69) is 54.8 Å². The lowest BCUT2D eigenvalue weighted by atomic mass is 9.87. The number of piperidine rings is 1. The van der Waals surface area contributed by atoms with Gasteiger partial charge in [-0.3, -0.25) is 4.90 Å². The van der Waals surface area contributed by atoms with Crippen molar-refractivity contribution in [3.8, 4) is 0 Å². The minimum absolute atomic E-state index is 0.715. The third kappa shape index (κ3) is 2.73. The van der Waals surface area contributed by atoms with Crippen LogP contribution in [0.15, 0.2) is 43.0 Å². The van der Waals surface area contributed by atoms with E-state index in [4.69, 9.17) is 0 Å². The van der Waals surface area contributed by atoms with Gasteiger partial charge in [-0.25, -0.2) is 0 Å². The second-order valence-electron chi connectivity index (χ2n) is 4.89. The Balaban J connectivity index is 1.91. The van der Waals surface area contributed by atoms with E-state index in [1.165, 1.54) is 25.1 Å². The standard InChI is InChI=1S/C15H21N/c1-3-15-9-10-16(11-13(15)2)12-14-7-5-4-6-8-14/h3-8,13,15H,1,9-12H2,2H3/t13-,15+/m0/s1. The van der Waals surface area contributed by atoms with Gasteiger partial charge in [0.2, 0.25) is 0 Å². The van der Waals surface area contributed by atoms with Crippen molar-refractivity contribution in [1.82, 2.24) is 4.90 Å². The number of hydrogen-bond acceptors (Lipinski definition) is 1. The van der Waals surface area contributed by atoms with Crippen molar-refractivity contribution in [3.05, 3.63) is 48.6 Å². The van der Waals surface area contributed by atoms with Crippen LogP contribution in [0.3, 0.4) is 0 Å². The van der Waals surface area contributed by atoms with Crippen molar-refractivity contribution in [2.45, 2.75) is 19.9 Å². The van der Waals surface area contributed by atoms with Gasteiger partial charge in [0, 0.05) is 13.1 Å². The molecule has 2 rings (SSSR count). The number of allylic oxidation sites excluding steroid dienone is 1. The Labute approximate surface area is 98.8 Å². The van der Waals surface area contributed by atoms with E-state index in [1.807, 2.05) is 0 Å². The number of likely N-dealkylation sites (tertiary alicyclic amines) is 1. The Kier molecular flexibility index (Phi) is 3.79. The van der Waals surface area contributed by atoms with E-state index in [0.717, 1.165) is 12.5 Å². The van der Waals surface area contributed by atoms with Crippen LogP contribution in [0, 0.1) is 11.8 Å². The molecule has 1 fully saturated rings. The van der Waals surface area contributed by atoms with Crippen molar-refractivity contribution in [2.75, 3.05) is 13.1 Å². The summed E-state index contributed by atoms with van der Waals surface area (Å²) in [6, 6.07) is 10.7. The molecule has 86 valence electrons. The molecule has 16 heavy (non-hydrogen) atoms. The highest BCUT2D eigenvalue weighted by Gasteiger charge is 2.23. The monoisotopic (exact) mass is 215 g/mol. The summed E-state index contributed by atoms with van der Waals surface area (Å²) < 4.78 is 0. The average molecular weight is 215 g/mol. The zero-order valence-electron chi connectivity index (χ0n) is 10.1. The maximum Gasteiger partial charge on any atom is 0.0233 e. The summed E-state index contributed by atoms with van der Waals surface area (Å²) >= 11 is 0. The number of rotatable bonds is 3. The zero-order chi connectivity index (χ0) is 11.4. The second kappa shape index (κ2) is 5.31. The summed E-state index contributed by atoms with van der Waals surface area (Å²) in [4.78, 5) is 2.56. The lowest BCUT2D eigenvalue weighted by Crippen LogP contribution is -2.38. The molecule has 1 aliphatic heterocycles. The van der Waals surface area contributed by atoms with Crippen molar-refractivity contribution >= 4 is 0 Å². The molecule has 0 bridgehead atoms. The molecule has 0 radical (unpaired) electrons. The van der Waals surface area contributed by atoms with E-state index in [-0.39, 0.29) is 0 Å². The predicted molar refractivity (Wildman–Crippen MR) is 69.2 cm³/mol. The van der Waals surface area contributed by atoms with Crippen LogP contribution in [0.4, 0.5) is 0 Å². The molecule has 0 unspecified atom stereocenters. The Morgan fingerprint density at radius 3 is 2.75 bits per heavy atom. The van der Waals surface area contributed by atoms with Crippen LogP contribution in [0.5, 0.6) is 0 Å². The molecule has 1 heterocycles. The predicted octanol–water partition coefficient (Wildman–Crippen LogP) is 3.33. The quantitative estimate of drug-likeness (QED) is 0.699. The van der Waals surface area contributed by atoms with Crippen LogP contribution in [0.2, 0.25) is 0 Å². The van der Waals surface area contributed by atoms with Gasteiger partial charge in [-0.05, 0) is 30.4 Å². The molecule has 2 atom stereocenters. The number of nitrogens with zero attached hydrogens (tertiary/aromatic N) is 1. The van der Waals surface area contributed by atoms with Crippen LogP contribution in [0.25, 0.3) is 0 Å². The molecule has 1 aromatic carbocycles. The van der Waals surface area contributed by atoms with Gasteiger partial charge >= 0.3 is 0 Å². The Bertz CT molecular complexity index is 331. The number of benzene rings is 1. The normalized spacial score (nSPS) is 26.6. The second-order valence-corrected chi connectivity index (χ2v) is 4.89. The fourth-order valence-corrected chi connectivity index (χ4v) is 2.59. The minimum atomic E-state index is 0.715.